The largest absolute Gasteiger partial charge is 0.489 e. The van der Waals surface area contributed by atoms with Gasteiger partial charge in [-0.3, -0.25) is 4.98 Å². The van der Waals surface area contributed by atoms with Crippen LogP contribution in [0.1, 0.15) is 64.5 Å². The zero-order valence-corrected chi connectivity index (χ0v) is 19.3. The number of amides is 1. The Kier molecular flexibility index (Phi) is 7.30. The van der Waals surface area contributed by atoms with E-state index >= 15 is 0 Å². The molecule has 0 aromatic carbocycles. The Balaban J connectivity index is 1.60. The Bertz CT molecular complexity index is 777. The molecule has 2 aliphatic rings. The molecule has 2 fully saturated rings. The molecule has 0 spiro atoms. The number of hydrogen-bond acceptors (Lipinski definition) is 7. The molecule has 172 valence electrons. The second-order valence-electron chi connectivity index (χ2n) is 9.62. The van der Waals surface area contributed by atoms with Crippen LogP contribution in [0.2, 0.25) is 0 Å². The minimum absolute atomic E-state index is 0.0277. The summed E-state index contributed by atoms with van der Waals surface area (Å²) in [4.78, 5) is 18.6. The first-order valence-electron chi connectivity index (χ1n) is 11.2. The number of ether oxygens (including phenoxy) is 2. The van der Waals surface area contributed by atoms with Crippen LogP contribution < -0.4 is 16.3 Å². The molecule has 8 heteroatoms. The van der Waals surface area contributed by atoms with E-state index in [1.165, 1.54) is 24.3 Å². The summed E-state index contributed by atoms with van der Waals surface area (Å²) in [5.41, 5.74) is 8.02. The summed E-state index contributed by atoms with van der Waals surface area (Å²) in [6.45, 7) is 4.37. The molecule has 8 nitrogen and oxygen atoms in total. The molecule has 0 unspecified atom stereocenters. The number of hydrogen-bond donors (Lipinski definition) is 2. The van der Waals surface area contributed by atoms with E-state index in [0.29, 0.717) is 17.1 Å². The van der Waals surface area contributed by atoms with Gasteiger partial charge in [0, 0.05) is 20.1 Å². The predicted octanol–water partition coefficient (Wildman–Crippen LogP) is 3.48. The number of nitrogens with zero attached hydrogens (tertiary/aromatic N) is 3. The molecule has 0 saturated heterocycles. The van der Waals surface area contributed by atoms with Gasteiger partial charge in [-0.25, -0.2) is 10.6 Å². The van der Waals surface area contributed by atoms with Gasteiger partial charge in [0.05, 0.1) is 29.4 Å². The number of carbonyl (C=O) groups is 1. The molecule has 0 aliphatic heterocycles. The zero-order valence-electron chi connectivity index (χ0n) is 19.3. The average Bonchev–Trinajstić information content (AvgIpc) is 2.72. The maximum absolute atomic E-state index is 12.5. The van der Waals surface area contributed by atoms with Crippen molar-refractivity contribution in [3.63, 3.8) is 0 Å². The Morgan fingerprint density at radius 1 is 1.19 bits per heavy atom. The van der Waals surface area contributed by atoms with E-state index in [1.54, 1.807) is 31.3 Å². The van der Waals surface area contributed by atoms with Crippen molar-refractivity contribution in [2.45, 2.75) is 70.9 Å². The van der Waals surface area contributed by atoms with Crippen molar-refractivity contribution < 1.29 is 14.3 Å². The van der Waals surface area contributed by atoms with Crippen molar-refractivity contribution in [3.05, 3.63) is 29.7 Å². The van der Waals surface area contributed by atoms with Gasteiger partial charge in [0.2, 0.25) is 0 Å². The van der Waals surface area contributed by atoms with Crippen LogP contribution in [-0.4, -0.2) is 53.8 Å². The molecule has 0 radical (unpaired) electrons. The van der Waals surface area contributed by atoms with Gasteiger partial charge in [0.25, 0.3) is 0 Å². The lowest BCUT2D eigenvalue weighted by atomic mass is 9.68. The molecule has 4 N–H and O–H groups in total. The zero-order chi connectivity index (χ0) is 22.6. The van der Waals surface area contributed by atoms with E-state index in [1.807, 2.05) is 6.07 Å². The van der Waals surface area contributed by atoms with E-state index in [2.05, 4.69) is 18.8 Å². The van der Waals surface area contributed by atoms with Gasteiger partial charge < -0.3 is 25.1 Å². The Hall–Kier alpha value is -2.48. The number of likely N-dealkylation sites (N-methyl/N-ethyl adjacent to an activating group) is 1. The van der Waals surface area contributed by atoms with E-state index in [0.717, 1.165) is 31.4 Å². The third kappa shape index (κ3) is 6.03. The smallest absolute Gasteiger partial charge is 0.410 e. The third-order valence-corrected chi connectivity index (χ3v) is 6.35. The second-order valence-corrected chi connectivity index (χ2v) is 9.62. The van der Waals surface area contributed by atoms with Gasteiger partial charge in [-0.15, -0.1) is 0 Å². The summed E-state index contributed by atoms with van der Waals surface area (Å²) < 4.78 is 11.5. The molecule has 31 heavy (non-hydrogen) atoms. The fourth-order valence-electron chi connectivity index (χ4n) is 4.37. The summed E-state index contributed by atoms with van der Waals surface area (Å²) >= 11 is 0. The second kappa shape index (κ2) is 9.77. The van der Waals surface area contributed by atoms with Crippen molar-refractivity contribution >= 4 is 11.8 Å². The molecule has 1 aromatic rings. The van der Waals surface area contributed by atoms with Gasteiger partial charge in [-0.1, -0.05) is 20.3 Å². The van der Waals surface area contributed by atoms with Crippen molar-refractivity contribution in [1.82, 2.24) is 14.9 Å². The minimum Gasteiger partial charge on any atom is -0.489 e. The number of pyridine rings is 1. The summed E-state index contributed by atoms with van der Waals surface area (Å²) in [7, 11) is 3.43. The number of aromatic nitrogens is 1. The lowest BCUT2D eigenvalue weighted by Crippen LogP contribution is -2.49. The van der Waals surface area contributed by atoms with Gasteiger partial charge in [-0.05, 0) is 56.1 Å². The Morgan fingerprint density at radius 3 is 2.42 bits per heavy atom. The summed E-state index contributed by atoms with van der Waals surface area (Å²) in [6, 6.07) is 3.89. The van der Waals surface area contributed by atoms with Gasteiger partial charge >= 0.3 is 6.09 Å². The molecular weight excluding hydrogens is 394 g/mol. The van der Waals surface area contributed by atoms with Crippen LogP contribution in [0, 0.1) is 5.41 Å². The molecule has 2 aliphatic carbocycles. The molecule has 0 atom stereocenters. The SMILES string of the molecule is CN(N)/C(COC(=O)N(C)C1CC(C)(C)C1)=C(\N)c1ccc(OC2CCCCC2)cn1. The average molecular weight is 432 g/mol. The van der Waals surface area contributed by atoms with Crippen LogP contribution in [0.25, 0.3) is 5.70 Å². The van der Waals surface area contributed by atoms with E-state index in [4.69, 9.17) is 21.1 Å². The van der Waals surface area contributed by atoms with Crippen molar-refractivity contribution in [3.8, 4) is 5.75 Å². The van der Waals surface area contributed by atoms with Crippen LogP contribution in [0.5, 0.6) is 5.75 Å². The number of carbonyl (C=O) groups excluding carboxylic acids is 1. The summed E-state index contributed by atoms with van der Waals surface area (Å²) in [5.74, 6) is 6.70. The minimum atomic E-state index is -0.378. The van der Waals surface area contributed by atoms with E-state index in [9.17, 15) is 4.79 Å². The quantitative estimate of drug-likeness (QED) is 0.503. The highest BCUT2D eigenvalue weighted by Crippen LogP contribution is 2.42. The lowest BCUT2D eigenvalue weighted by molar-refractivity contribution is 0.0303. The molecule has 1 heterocycles. The number of hydrazine groups is 1. The van der Waals surface area contributed by atoms with Crippen molar-refractivity contribution in [2.75, 3.05) is 20.7 Å². The Morgan fingerprint density at radius 2 is 1.87 bits per heavy atom. The van der Waals surface area contributed by atoms with Crippen LogP contribution in [-0.2, 0) is 4.74 Å². The monoisotopic (exact) mass is 431 g/mol. The van der Waals surface area contributed by atoms with E-state index < -0.39 is 0 Å². The van der Waals surface area contributed by atoms with Crippen molar-refractivity contribution in [1.29, 1.82) is 0 Å². The molecule has 2 saturated carbocycles. The van der Waals surface area contributed by atoms with Gasteiger partial charge in [0.1, 0.15) is 12.4 Å². The van der Waals surface area contributed by atoms with Gasteiger partial charge in [0.15, 0.2) is 0 Å². The highest BCUT2D eigenvalue weighted by atomic mass is 16.6. The predicted molar refractivity (Wildman–Crippen MR) is 121 cm³/mol. The van der Waals surface area contributed by atoms with Crippen LogP contribution in [0.15, 0.2) is 24.0 Å². The molecule has 0 bridgehead atoms. The van der Waals surface area contributed by atoms with Crippen LogP contribution >= 0.6 is 0 Å². The van der Waals surface area contributed by atoms with Crippen LogP contribution in [0.4, 0.5) is 4.79 Å². The summed E-state index contributed by atoms with van der Waals surface area (Å²) in [5, 5.41) is 1.36. The Labute approximate surface area is 185 Å². The highest BCUT2D eigenvalue weighted by Gasteiger charge is 2.40. The number of rotatable bonds is 7. The first kappa shape index (κ1) is 23.2. The maximum atomic E-state index is 12.5. The normalized spacial score (nSPS) is 19.8. The standard InChI is InChI=1S/C23H37N5O3/c1-23(2)12-16(13-23)27(3)22(29)30-15-20(28(4)25)21(24)19-11-10-18(14-26-19)31-17-8-6-5-7-9-17/h10-11,14,16-17H,5-9,12-13,15,24-25H2,1-4H3/b21-20-. The first-order chi connectivity index (χ1) is 14.7. The molecular formula is C23H37N5O3. The lowest BCUT2D eigenvalue weighted by Gasteiger charge is -2.46. The van der Waals surface area contributed by atoms with Crippen LogP contribution in [0.3, 0.4) is 0 Å². The summed E-state index contributed by atoms with van der Waals surface area (Å²) in [6.07, 6.45) is 9.40. The molecule has 1 aromatic heterocycles. The number of nitrogens with two attached hydrogens (primary N) is 2. The fourth-order valence-corrected chi connectivity index (χ4v) is 4.37. The van der Waals surface area contributed by atoms with Gasteiger partial charge in [-0.2, -0.15) is 0 Å². The maximum Gasteiger partial charge on any atom is 0.410 e. The highest BCUT2D eigenvalue weighted by molar-refractivity contribution is 5.69. The molecule has 1 amide bonds. The topological polar surface area (TPSA) is 107 Å². The fraction of sp³-hybridized carbons (Fsp3) is 0.652. The van der Waals surface area contributed by atoms with Crippen molar-refractivity contribution in [2.24, 2.45) is 17.0 Å². The first-order valence-corrected chi connectivity index (χ1v) is 11.2. The third-order valence-electron chi connectivity index (χ3n) is 6.35. The van der Waals surface area contributed by atoms with E-state index in [-0.39, 0.29) is 30.3 Å². The molecule has 3 rings (SSSR count).